The van der Waals surface area contributed by atoms with E-state index in [0.29, 0.717) is 6.54 Å². The van der Waals surface area contributed by atoms with Crippen LogP contribution in [0.5, 0.6) is 0 Å². The van der Waals surface area contributed by atoms with Crippen molar-refractivity contribution in [1.29, 1.82) is 0 Å². The quantitative estimate of drug-likeness (QED) is 0.730. The molecule has 0 saturated carbocycles. The number of aliphatic hydroxyl groups excluding tert-OH is 1. The molecular weight excluding hydrogens is 212 g/mol. The lowest BCUT2D eigenvalue weighted by atomic mass is 10.1. The molecule has 3 heteroatoms. The normalized spacial score (nSPS) is 20.0. The summed E-state index contributed by atoms with van der Waals surface area (Å²) < 4.78 is 0. The van der Waals surface area contributed by atoms with Gasteiger partial charge in [0.2, 0.25) is 0 Å². The lowest BCUT2D eigenvalue weighted by Gasteiger charge is -2.14. The third-order valence-electron chi connectivity index (χ3n) is 2.94. The van der Waals surface area contributed by atoms with Gasteiger partial charge in [0, 0.05) is 25.2 Å². The average molecular weight is 230 g/mol. The van der Waals surface area contributed by atoms with E-state index in [1.807, 2.05) is 12.1 Å². The molecule has 1 heterocycles. The zero-order valence-electron chi connectivity index (χ0n) is 9.89. The summed E-state index contributed by atoms with van der Waals surface area (Å²) in [6.45, 7) is 3.07. The highest BCUT2D eigenvalue weighted by Gasteiger charge is 2.19. The van der Waals surface area contributed by atoms with Crippen molar-refractivity contribution < 1.29 is 5.11 Å². The third kappa shape index (κ3) is 3.57. The number of nitrogens with zero attached hydrogens (tertiary/aromatic N) is 1. The molecule has 0 aliphatic carbocycles. The van der Waals surface area contributed by atoms with Crippen LogP contribution in [0.15, 0.2) is 24.3 Å². The van der Waals surface area contributed by atoms with Crippen LogP contribution in [0.2, 0.25) is 0 Å². The molecule has 0 amide bonds. The molecule has 17 heavy (non-hydrogen) atoms. The Morgan fingerprint density at radius 2 is 2.12 bits per heavy atom. The minimum absolute atomic E-state index is 0.148. The maximum atomic E-state index is 9.45. The van der Waals surface area contributed by atoms with Crippen molar-refractivity contribution in [1.82, 2.24) is 4.90 Å². The van der Waals surface area contributed by atoms with Crippen molar-refractivity contribution in [2.24, 2.45) is 5.73 Å². The summed E-state index contributed by atoms with van der Waals surface area (Å²) in [6, 6.07) is 8.21. The minimum Gasteiger partial charge on any atom is -0.392 e. The van der Waals surface area contributed by atoms with Crippen molar-refractivity contribution in [2.75, 3.05) is 19.6 Å². The lowest BCUT2D eigenvalue weighted by molar-refractivity contribution is 0.175. The Balaban J connectivity index is 1.94. The van der Waals surface area contributed by atoms with Crippen LogP contribution in [-0.4, -0.2) is 35.7 Å². The Bertz CT molecular complexity index is 416. The van der Waals surface area contributed by atoms with E-state index >= 15 is 0 Å². The molecule has 1 fully saturated rings. The molecule has 1 aliphatic heterocycles. The smallest absolute Gasteiger partial charge is 0.0679 e. The van der Waals surface area contributed by atoms with E-state index < -0.39 is 0 Å². The molecule has 1 aromatic carbocycles. The van der Waals surface area contributed by atoms with Gasteiger partial charge in [-0.25, -0.2) is 0 Å². The number of likely N-dealkylation sites (tertiary alicyclic amines) is 1. The second kappa shape index (κ2) is 5.83. The highest BCUT2D eigenvalue weighted by atomic mass is 16.3. The Morgan fingerprint density at radius 1 is 1.35 bits per heavy atom. The van der Waals surface area contributed by atoms with Gasteiger partial charge in [0.05, 0.1) is 12.6 Å². The number of rotatable bonds is 2. The van der Waals surface area contributed by atoms with Gasteiger partial charge in [-0.15, -0.1) is 0 Å². The SMILES string of the molecule is NCC#Cc1ccc(CN2CCC(O)C2)cc1. The summed E-state index contributed by atoms with van der Waals surface area (Å²) in [7, 11) is 0. The summed E-state index contributed by atoms with van der Waals surface area (Å²) in [5.41, 5.74) is 7.59. The highest BCUT2D eigenvalue weighted by molar-refractivity contribution is 5.36. The molecule has 1 saturated heterocycles. The Kier molecular flexibility index (Phi) is 4.16. The van der Waals surface area contributed by atoms with Crippen molar-refractivity contribution in [3.05, 3.63) is 35.4 Å². The van der Waals surface area contributed by atoms with E-state index in [1.165, 1.54) is 5.56 Å². The van der Waals surface area contributed by atoms with Crippen molar-refractivity contribution in [3.63, 3.8) is 0 Å². The first-order chi connectivity index (χ1) is 8.28. The number of nitrogens with two attached hydrogens (primary N) is 1. The topological polar surface area (TPSA) is 49.5 Å². The first-order valence-electron chi connectivity index (χ1n) is 5.96. The van der Waals surface area contributed by atoms with Gasteiger partial charge in [-0.2, -0.15) is 0 Å². The van der Waals surface area contributed by atoms with Gasteiger partial charge in [0.25, 0.3) is 0 Å². The fourth-order valence-electron chi connectivity index (χ4n) is 2.06. The summed E-state index contributed by atoms with van der Waals surface area (Å²) in [5.74, 6) is 5.84. The van der Waals surface area contributed by atoms with Crippen molar-refractivity contribution in [3.8, 4) is 11.8 Å². The molecule has 1 aromatic rings. The van der Waals surface area contributed by atoms with Gasteiger partial charge >= 0.3 is 0 Å². The largest absolute Gasteiger partial charge is 0.392 e. The van der Waals surface area contributed by atoms with Gasteiger partial charge in [-0.05, 0) is 24.1 Å². The molecule has 0 aromatic heterocycles. The van der Waals surface area contributed by atoms with E-state index in [9.17, 15) is 5.11 Å². The van der Waals surface area contributed by atoms with Crippen molar-refractivity contribution in [2.45, 2.75) is 19.1 Å². The van der Waals surface area contributed by atoms with Crippen LogP contribution < -0.4 is 5.73 Å². The number of β-amino-alcohol motifs (C(OH)–C–C–N with tert-alkyl or cyclic N) is 1. The Hall–Kier alpha value is -1.34. The summed E-state index contributed by atoms with van der Waals surface area (Å²) in [6.07, 6.45) is 0.741. The molecule has 0 radical (unpaired) electrons. The maximum absolute atomic E-state index is 9.45. The molecule has 1 atom stereocenters. The molecule has 90 valence electrons. The molecule has 3 N–H and O–H groups in total. The standard InChI is InChI=1S/C14H18N2O/c15-8-1-2-12-3-5-13(6-4-12)10-16-9-7-14(17)11-16/h3-6,14,17H,7-11,15H2. The summed E-state index contributed by atoms with van der Waals surface area (Å²) >= 11 is 0. The average Bonchev–Trinajstić information content (AvgIpc) is 2.74. The van der Waals surface area contributed by atoms with Crippen LogP contribution in [0.4, 0.5) is 0 Å². The fourth-order valence-corrected chi connectivity index (χ4v) is 2.06. The van der Waals surface area contributed by atoms with Crippen LogP contribution in [0.1, 0.15) is 17.5 Å². The second-order valence-corrected chi connectivity index (χ2v) is 4.38. The molecule has 0 spiro atoms. The van der Waals surface area contributed by atoms with E-state index in [4.69, 9.17) is 5.73 Å². The molecule has 3 nitrogen and oxygen atoms in total. The van der Waals surface area contributed by atoms with E-state index in [2.05, 4.69) is 28.9 Å². The number of aliphatic hydroxyl groups is 1. The molecule has 0 bridgehead atoms. The van der Waals surface area contributed by atoms with Gasteiger partial charge in [-0.1, -0.05) is 24.0 Å². The number of hydrogen-bond donors (Lipinski definition) is 2. The van der Waals surface area contributed by atoms with Gasteiger partial charge in [0.1, 0.15) is 0 Å². The zero-order chi connectivity index (χ0) is 12.1. The molecule has 1 aliphatic rings. The van der Waals surface area contributed by atoms with Crippen molar-refractivity contribution >= 4 is 0 Å². The van der Waals surface area contributed by atoms with Crippen LogP contribution in [0.3, 0.4) is 0 Å². The number of hydrogen-bond acceptors (Lipinski definition) is 3. The second-order valence-electron chi connectivity index (χ2n) is 4.38. The number of benzene rings is 1. The molecular formula is C14H18N2O. The van der Waals surface area contributed by atoms with Gasteiger partial charge < -0.3 is 10.8 Å². The van der Waals surface area contributed by atoms with Crippen LogP contribution in [-0.2, 0) is 6.54 Å². The maximum Gasteiger partial charge on any atom is 0.0679 e. The molecule has 2 rings (SSSR count). The first-order valence-corrected chi connectivity index (χ1v) is 5.96. The summed E-state index contributed by atoms with van der Waals surface area (Å²) in [5, 5.41) is 9.45. The third-order valence-corrected chi connectivity index (χ3v) is 2.94. The predicted molar refractivity (Wildman–Crippen MR) is 68.3 cm³/mol. The zero-order valence-corrected chi connectivity index (χ0v) is 9.89. The highest BCUT2D eigenvalue weighted by Crippen LogP contribution is 2.13. The monoisotopic (exact) mass is 230 g/mol. The predicted octanol–water partition coefficient (Wildman–Crippen LogP) is 0.563. The minimum atomic E-state index is -0.148. The summed E-state index contributed by atoms with van der Waals surface area (Å²) in [4.78, 5) is 2.27. The fraction of sp³-hybridized carbons (Fsp3) is 0.429. The van der Waals surface area contributed by atoms with E-state index in [1.54, 1.807) is 0 Å². The van der Waals surface area contributed by atoms with Crippen LogP contribution in [0, 0.1) is 11.8 Å². The van der Waals surface area contributed by atoms with Crippen LogP contribution in [0.25, 0.3) is 0 Å². The lowest BCUT2D eigenvalue weighted by Crippen LogP contribution is -2.21. The first kappa shape index (κ1) is 12.1. The van der Waals surface area contributed by atoms with Gasteiger partial charge in [0.15, 0.2) is 0 Å². The van der Waals surface area contributed by atoms with Gasteiger partial charge in [-0.3, -0.25) is 4.90 Å². The van der Waals surface area contributed by atoms with Crippen LogP contribution >= 0.6 is 0 Å². The molecule has 1 unspecified atom stereocenters. The Morgan fingerprint density at radius 3 is 2.71 bits per heavy atom. The Labute approximate surface area is 102 Å². The van der Waals surface area contributed by atoms with E-state index in [-0.39, 0.29) is 6.10 Å². The van der Waals surface area contributed by atoms with E-state index in [0.717, 1.165) is 31.6 Å².